The zero-order chi connectivity index (χ0) is 18.1. The number of aliphatic carboxylic acids is 1. The number of carboxylic acid groups (broad SMARTS) is 1. The van der Waals surface area contributed by atoms with Gasteiger partial charge in [-0.3, -0.25) is 4.90 Å². The average molecular weight is 421 g/mol. The number of benzene rings is 1. The molecule has 1 fully saturated rings. The van der Waals surface area contributed by atoms with E-state index in [1.165, 1.54) is 4.90 Å². The first-order valence-electron chi connectivity index (χ1n) is 7.41. The minimum absolute atomic E-state index is 0.123. The second-order valence-corrected chi connectivity index (χ2v) is 7.86. The molecule has 0 bridgehead atoms. The van der Waals surface area contributed by atoms with Crippen molar-refractivity contribution >= 4 is 39.6 Å². The van der Waals surface area contributed by atoms with Crippen molar-refractivity contribution in [2.45, 2.75) is 44.9 Å². The van der Waals surface area contributed by atoms with E-state index < -0.39 is 29.8 Å². The third-order valence-electron chi connectivity index (χ3n) is 3.36. The van der Waals surface area contributed by atoms with Gasteiger partial charge in [0, 0.05) is 10.9 Å². The van der Waals surface area contributed by atoms with E-state index in [2.05, 4.69) is 15.9 Å². The van der Waals surface area contributed by atoms with Gasteiger partial charge in [-0.1, -0.05) is 27.5 Å². The summed E-state index contributed by atoms with van der Waals surface area (Å²) in [5.74, 6) is -0.645. The van der Waals surface area contributed by atoms with Crippen molar-refractivity contribution in [1.82, 2.24) is 4.90 Å². The SMILES string of the molecule is CC(C)(C)OC(=O)N1CC(Oc2ccc(Br)cc2Cl)CC1C(=O)O. The maximum Gasteiger partial charge on any atom is 0.411 e. The van der Waals surface area contributed by atoms with Gasteiger partial charge >= 0.3 is 12.1 Å². The summed E-state index contributed by atoms with van der Waals surface area (Å²) in [5.41, 5.74) is -0.700. The minimum atomic E-state index is -1.09. The van der Waals surface area contributed by atoms with E-state index in [0.717, 1.165) is 4.47 Å². The maximum absolute atomic E-state index is 12.2. The van der Waals surface area contributed by atoms with Crippen LogP contribution < -0.4 is 4.74 Å². The highest BCUT2D eigenvalue weighted by Gasteiger charge is 2.42. The predicted molar refractivity (Wildman–Crippen MR) is 92.5 cm³/mol. The third kappa shape index (κ3) is 4.77. The molecule has 132 valence electrons. The molecule has 1 aromatic carbocycles. The van der Waals surface area contributed by atoms with E-state index in [-0.39, 0.29) is 13.0 Å². The average Bonchev–Trinajstić information content (AvgIpc) is 2.84. The molecule has 0 spiro atoms. The minimum Gasteiger partial charge on any atom is -0.487 e. The molecule has 1 aliphatic heterocycles. The first kappa shape index (κ1) is 18.9. The zero-order valence-electron chi connectivity index (χ0n) is 13.6. The number of carbonyl (C=O) groups excluding carboxylic acids is 1. The van der Waals surface area contributed by atoms with E-state index in [1.807, 2.05) is 0 Å². The van der Waals surface area contributed by atoms with Crippen molar-refractivity contribution < 1.29 is 24.2 Å². The zero-order valence-corrected chi connectivity index (χ0v) is 15.9. The van der Waals surface area contributed by atoms with Crippen molar-refractivity contribution in [3.8, 4) is 5.75 Å². The molecule has 1 heterocycles. The van der Waals surface area contributed by atoms with Gasteiger partial charge in [-0.25, -0.2) is 9.59 Å². The van der Waals surface area contributed by atoms with Gasteiger partial charge < -0.3 is 14.6 Å². The van der Waals surface area contributed by atoms with Crippen LogP contribution in [0.2, 0.25) is 5.02 Å². The second kappa shape index (κ2) is 7.19. The molecular weight excluding hydrogens is 402 g/mol. The molecular formula is C16H19BrClNO5. The summed E-state index contributed by atoms with van der Waals surface area (Å²) in [6, 6.07) is 4.17. The van der Waals surface area contributed by atoms with Gasteiger partial charge in [-0.05, 0) is 39.0 Å². The van der Waals surface area contributed by atoms with Crippen LogP contribution in [0.25, 0.3) is 0 Å². The summed E-state index contributed by atoms with van der Waals surface area (Å²) in [7, 11) is 0. The number of nitrogens with zero attached hydrogens (tertiary/aromatic N) is 1. The Kier molecular flexibility index (Phi) is 5.65. The Balaban J connectivity index is 2.11. The monoisotopic (exact) mass is 419 g/mol. The van der Waals surface area contributed by atoms with Gasteiger partial charge in [-0.2, -0.15) is 0 Å². The number of carboxylic acids is 1. The summed E-state index contributed by atoms with van der Waals surface area (Å²) in [5, 5.41) is 9.78. The molecule has 6 nitrogen and oxygen atoms in total. The van der Waals surface area contributed by atoms with E-state index in [0.29, 0.717) is 10.8 Å². The summed E-state index contributed by atoms with van der Waals surface area (Å²) in [6.45, 7) is 5.31. The molecule has 1 saturated heterocycles. The fourth-order valence-corrected chi connectivity index (χ4v) is 3.11. The molecule has 1 N–H and O–H groups in total. The topological polar surface area (TPSA) is 76.1 Å². The van der Waals surface area contributed by atoms with Gasteiger partial charge in [0.1, 0.15) is 23.5 Å². The number of hydrogen-bond acceptors (Lipinski definition) is 4. The first-order valence-corrected chi connectivity index (χ1v) is 8.58. The number of hydrogen-bond donors (Lipinski definition) is 1. The summed E-state index contributed by atoms with van der Waals surface area (Å²) >= 11 is 9.42. The van der Waals surface area contributed by atoms with Crippen LogP contribution in [0.1, 0.15) is 27.2 Å². The van der Waals surface area contributed by atoms with Crippen LogP contribution in [-0.4, -0.2) is 46.4 Å². The molecule has 1 aliphatic rings. The summed E-state index contributed by atoms with van der Waals surface area (Å²) < 4.78 is 11.9. The van der Waals surface area contributed by atoms with E-state index in [4.69, 9.17) is 21.1 Å². The van der Waals surface area contributed by atoms with Crippen molar-refractivity contribution in [3.63, 3.8) is 0 Å². The molecule has 0 aromatic heterocycles. The van der Waals surface area contributed by atoms with Gasteiger partial charge in [-0.15, -0.1) is 0 Å². The largest absolute Gasteiger partial charge is 0.487 e. The highest BCUT2D eigenvalue weighted by atomic mass is 79.9. The summed E-state index contributed by atoms with van der Waals surface area (Å²) in [4.78, 5) is 24.9. The van der Waals surface area contributed by atoms with Gasteiger partial charge in [0.25, 0.3) is 0 Å². The third-order valence-corrected chi connectivity index (χ3v) is 4.15. The van der Waals surface area contributed by atoms with Crippen molar-refractivity contribution in [2.75, 3.05) is 6.54 Å². The molecule has 0 radical (unpaired) electrons. The van der Waals surface area contributed by atoms with Crippen LogP contribution in [0.3, 0.4) is 0 Å². The van der Waals surface area contributed by atoms with Gasteiger partial charge in [0.15, 0.2) is 0 Å². The number of rotatable bonds is 3. The molecule has 0 aliphatic carbocycles. The van der Waals surface area contributed by atoms with Crippen molar-refractivity contribution in [1.29, 1.82) is 0 Å². The highest BCUT2D eigenvalue weighted by Crippen LogP contribution is 2.31. The lowest BCUT2D eigenvalue weighted by Gasteiger charge is -2.26. The number of ether oxygens (including phenoxy) is 2. The fourth-order valence-electron chi connectivity index (χ4n) is 2.39. The smallest absolute Gasteiger partial charge is 0.411 e. The second-order valence-electron chi connectivity index (χ2n) is 6.54. The Hall–Kier alpha value is -1.47. The standard InChI is InChI=1S/C16H19BrClNO5/c1-16(2,3)24-15(22)19-8-10(7-12(19)14(20)21)23-13-5-4-9(17)6-11(13)18/h4-6,10,12H,7-8H2,1-3H3,(H,20,21). The van der Waals surface area contributed by atoms with Crippen LogP contribution in [-0.2, 0) is 9.53 Å². The van der Waals surface area contributed by atoms with Gasteiger partial charge in [0.05, 0.1) is 11.6 Å². The fraction of sp³-hybridized carbons (Fsp3) is 0.500. The number of likely N-dealkylation sites (tertiary alicyclic amines) is 1. The molecule has 2 rings (SSSR count). The molecule has 2 atom stereocenters. The van der Waals surface area contributed by atoms with Crippen LogP contribution in [0.5, 0.6) is 5.75 Å². The quantitative estimate of drug-likeness (QED) is 0.801. The lowest BCUT2D eigenvalue weighted by atomic mass is 10.2. The maximum atomic E-state index is 12.2. The molecule has 1 aromatic rings. The van der Waals surface area contributed by atoms with Crippen molar-refractivity contribution in [3.05, 3.63) is 27.7 Å². The molecule has 24 heavy (non-hydrogen) atoms. The lowest BCUT2D eigenvalue weighted by Crippen LogP contribution is -2.43. The van der Waals surface area contributed by atoms with Crippen molar-refractivity contribution in [2.24, 2.45) is 0 Å². The molecule has 2 unspecified atom stereocenters. The predicted octanol–water partition coefficient (Wildman–Crippen LogP) is 3.94. The number of halogens is 2. The normalized spacial score (nSPS) is 20.8. The van der Waals surface area contributed by atoms with E-state index in [9.17, 15) is 14.7 Å². The Morgan fingerprint density at radius 3 is 2.58 bits per heavy atom. The Morgan fingerprint density at radius 2 is 2.04 bits per heavy atom. The molecule has 1 amide bonds. The summed E-state index contributed by atoms with van der Waals surface area (Å²) in [6.07, 6.45) is -0.971. The lowest BCUT2D eigenvalue weighted by molar-refractivity contribution is -0.142. The Labute approximate surface area is 153 Å². The first-order chi connectivity index (χ1) is 11.1. The van der Waals surface area contributed by atoms with E-state index >= 15 is 0 Å². The number of carbonyl (C=O) groups is 2. The van der Waals surface area contributed by atoms with Crippen LogP contribution >= 0.6 is 27.5 Å². The van der Waals surface area contributed by atoms with E-state index in [1.54, 1.807) is 39.0 Å². The Morgan fingerprint density at radius 1 is 1.38 bits per heavy atom. The van der Waals surface area contributed by atoms with Crippen LogP contribution in [0.4, 0.5) is 4.79 Å². The van der Waals surface area contributed by atoms with Gasteiger partial charge in [0.2, 0.25) is 0 Å². The molecule has 0 saturated carbocycles. The Bertz CT molecular complexity index is 646. The molecule has 8 heteroatoms. The highest BCUT2D eigenvalue weighted by molar-refractivity contribution is 9.10. The van der Waals surface area contributed by atoms with Crippen LogP contribution in [0.15, 0.2) is 22.7 Å². The van der Waals surface area contributed by atoms with Crippen LogP contribution in [0, 0.1) is 0 Å². The number of amides is 1.